The highest BCUT2D eigenvalue weighted by molar-refractivity contribution is 5.76. The van der Waals surface area contributed by atoms with E-state index in [1.807, 2.05) is 0 Å². The third-order valence-corrected chi connectivity index (χ3v) is 1.85. The second-order valence-electron chi connectivity index (χ2n) is 4.52. The predicted octanol–water partition coefficient (Wildman–Crippen LogP) is 0.982. The molecule has 1 heterocycles. The summed E-state index contributed by atoms with van der Waals surface area (Å²) in [4.78, 5) is 11.5. The Bertz CT molecular complexity index is 339. The number of carbonyl (C=O) groups is 1. The van der Waals surface area contributed by atoms with Gasteiger partial charge in [-0.2, -0.15) is 0 Å². The molecule has 0 aromatic carbocycles. The van der Waals surface area contributed by atoms with Gasteiger partial charge in [0.05, 0.1) is 6.26 Å². The summed E-state index contributed by atoms with van der Waals surface area (Å²) in [5, 5.41) is 9.73. The number of hydrogen-bond donors (Lipinski definition) is 2. The van der Waals surface area contributed by atoms with Crippen LogP contribution in [0.25, 0.3) is 0 Å². The van der Waals surface area contributed by atoms with Crippen molar-refractivity contribution < 1.29 is 19.1 Å². The van der Waals surface area contributed by atoms with Crippen LogP contribution in [0, 0.1) is 0 Å². The zero-order valence-electron chi connectivity index (χ0n) is 9.64. The fraction of sp³-hybridized carbons (Fsp3) is 0.545. The van der Waals surface area contributed by atoms with E-state index in [0.717, 1.165) is 0 Å². The number of furan rings is 1. The first-order chi connectivity index (χ1) is 7.31. The van der Waals surface area contributed by atoms with E-state index < -0.39 is 23.7 Å². The van der Waals surface area contributed by atoms with Gasteiger partial charge in [0.25, 0.3) is 0 Å². The number of rotatable bonds is 3. The highest BCUT2D eigenvalue weighted by atomic mass is 16.6. The maximum atomic E-state index is 11.5. The topological polar surface area (TPSA) is 85.7 Å². The van der Waals surface area contributed by atoms with Crippen molar-refractivity contribution in [3.63, 3.8) is 0 Å². The van der Waals surface area contributed by atoms with E-state index in [9.17, 15) is 9.90 Å². The Morgan fingerprint density at radius 1 is 1.56 bits per heavy atom. The molecule has 2 atom stereocenters. The summed E-state index contributed by atoms with van der Waals surface area (Å²) in [6.07, 6.45) is 0.213. The fourth-order valence-corrected chi connectivity index (χ4v) is 1.14. The highest BCUT2D eigenvalue weighted by Gasteiger charge is 2.30. The van der Waals surface area contributed by atoms with Crippen molar-refractivity contribution in [1.29, 1.82) is 0 Å². The Morgan fingerprint density at radius 2 is 2.19 bits per heavy atom. The summed E-state index contributed by atoms with van der Waals surface area (Å²) in [5.41, 5.74) is 4.95. The standard InChI is InChI=1S/C11H17NO4/c1-11(2,3)16-10(14)8(12)9(13)7-5-4-6-15-7/h4-6,8-9,13H,12H2,1-3H3/t8-,9-/m0/s1. The Labute approximate surface area is 94.2 Å². The van der Waals surface area contributed by atoms with E-state index in [1.54, 1.807) is 32.9 Å². The maximum Gasteiger partial charge on any atom is 0.326 e. The van der Waals surface area contributed by atoms with E-state index in [4.69, 9.17) is 14.9 Å². The zero-order chi connectivity index (χ0) is 12.3. The van der Waals surface area contributed by atoms with Crippen molar-refractivity contribution in [2.24, 2.45) is 5.73 Å². The van der Waals surface area contributed by atoms with Crippen LogP contribution in [0.15, 0.2) is 22.8 Å². The van der Waals surface area contributed by atoms with Gasteiger partial charge in [0.2, 0.25) is 0 Å². The number of carbonyl (C=O) groups excluding carboxylic acids is 1. The van der Waals surface area contributed by atoms with E-state index in [0.29, 0.717) is 0 Å². The average molecular weight is 227 g/mol. The molecule has 1 rings (SSSR count). The molecule has 0 aliphatic rings. The molecule has 90 valence electrons. The molecule has 5 heteroatoms. The monoisotopic (exact) mass is 227 g/mol. The molecule has 0 bridgehead atoms. The fourth-order valence-electron chi connectivity index (χ4n) is 1.14. The summed E-state index contributed by atoms with van der Waals surface area (Å²) >= 11 is 0. The zero-order valence-corrected chi connectivity index (χ0v) is 9.64. The number of aliphatic hydroxyl groups is 1. The summed E-state index contributed by atoms with van der Waals surface area (Å²) in [6, 6.07) is 2.01. The third kappa shape index (κ3) is 3.36. The van der Waals surface area contributed by atoms with Crippen molar-refractivity contribution in [3.8, 4) is 0 Å². The van der Waals surface area contributed by atoms with Gasteiger partial charge >= 0.3 is 5.97 Å². The largest absolute Gasteiger partial charge is 0.467 e. The summed E-state index contributed by atoms with van der Waals surface area (Å²) in [6.45, 7) is 5.20. The van der Waals surface area contributed by atoms with Crippen molar-refractivity contribution in [2.75, 3.05) is 0 Å². The lowest BCUT2D eigenvalue weighted by Gasteiger charge is -2.23. The van der Waals surface area contributed by atoms with Gasteiger partial charge < -0.3 is 20.0 Å². The molecule has 0 saturated heterocycles. The highest BCUT2D eigenvalue weighted by Crippen LogP contribution is 2.18. The van der Waals surface area contributed by atoms with Gasteiger partial charge in [-0.25, -0.2) is 0 Å². The first kappa shape index (κ1) is 12.7. The van der Waals surface area contributed by atoms with Crippen LogP contribution < -0.4 is 5.73 Å². The molecule has 3 N–H and O–H groups in total. The van der Waals surface area contributed by atoms with Crippen molar-refractivity contribution in [3.05, 3.63) is 24.2 Å². The van der Waals surface area contributed by atoms with Crippen LogP contribution in [-0.4, -0.2) is 22.7 Å². The van der Waals surface area contributed by atoms with Crippen LogP contribution >= 0.6 is 0 Å². The smallest absolute Gasteiger partial charge is 0.326 e. The molecule has 0 saturated carbocycles. The molecule has 1 aromatic rings. The summed E-state index contributed by atoms with van der Waals surface area (Å²) in [5.74, 6) is -0.408. The number of hydrogen-bond acceptors (Lipinski definition) is 5. The van der Waals surface area contributed by atoms with Crippen LogP contribution in [0.2, 0.25) is 0 Å². The van der Waals surface area contributed by atoms with Crippen LogP contribution in [0.4, 0.5) is 0 Å². The number of aliphatic hydroxyl groups excluding tert-OH is 1. The van der Waals surface area contributed by atoms with Gasteiger partial charge in [-0.05, 0) is 32.9 Å². The van der Waals surface area contributed by atoms with Crippen LogP contribution in [0.5, 0.6) is 0 Å². The van der Waals surface area contributed by atoms with E-state index in [2.05, 4.69) is 0 Å². The Morgan fingerprint density at radius 3 is 2.62 bits per heavy atom. The maximum absolute atomic E-state index is 11.5. The quantitative estimate of drug-likeness (QED) is 0.752. The van der Waals surface area contributed by atoms with Gasteiger partial charge in [0, 0.05) is 0 Å². The second-order valence-corrected chi connectivity index (χ2v) is 4.52. The lowest BCUT2D eigenvalue weighted by atomic mass is 10.1. The predicted molar refractivity (Wildman–Crippen MR) is 57.5 cm³/mol. The number of ether oxygens (including phenoxy) is 1. The first-order valence-electron chi connectivity index (χ1n) is 5.01. The van der Waals surface area contributed by atoms with Gasteiger partial charge in [-0.1, -0.05) is 0 Å². The van der Waals surface area contributed by atoms with Gasteiger partial charge in [-0.15, -0.1) is 0 Å². The van der Waals surface area contributed by atoms with E-state index in [-0.39, 0.29) is 5.76 Å². The molecule has 0 spiro atoms. The lowest BCUT2D eigenvalue weighted by molar-refractivity contribution is -0.159. The lowest BCUT2D eigenvalue weighted by Crippen LogP contribution is -2.41. The van der Waals surface area contributed by atoms with Crippen LogP contribution in [0.1, 0.15) is 32.6 Å². The molecule has 0 fully saturated rings. The Balaban J connectivity index is 2.64. The van der Waals surface area contributed by atoms with Crippen molar-refractivity contribution in [1.82, 2.24) is 0 Å². The summed E-state index contributed by atoms with van der Waals surface area (Å²) < 4.78 is 10.0. The molecule has 0 unspecified atom stereocenters. The Kier molecular flexibility index (Phi) is 3.72. The second kappa shape index (κ2) is 4.67. The average Bonchev–Trinajstić information content (AvgIpc) is 2.65. The molecule has 0 amide bonds. The van der Waals surface area contributed by atoms with Gasteiger partial charge in [-0.3, -0.25) is 4.79 Å². The Hall–Kier alpha value is -1.33. The first-order valence-corrected chi connectivity index (χ1v) is 5.01. The molecule has 0 radical (unpaired) electrons. The number of nitrogens with two attached hydrogens (primary N) is 1. The van der Waals surface area contributed by atoms with Gasteiger partial charge in [0.15, 0.2) is 0 Å². The van der Waals surface area contributed by atoms with E-state index >= 15 is 0 Å². The molecular weight excluding hydrogens is 210 g/mol. The molecule has 5 nitrogen and oxygen atoms in total. The van der Waals surface area contributed by atoms with Crippen molar-refractivity contribution in [2.45, 2.75) is 38.5 Å². The molecular formula is C11H17NO4. The molecule has 0 aliphatic carbocycles. The van der Waals surface area contributed by atoms with Crippen molar-refractivity contribution >= 4 is 5.97 Å². The van der Waals surface area contributed by atoms with Crippen LogP contribution in [-0.2, 0) is 9.53 Å². The minimum atomic E-state index is -1.19. The third-order valence-electron chi connectivity index (χ3n) is 1.85. The normalized spacial score (nSPS) is 15.6. The molecule has 16 heavy (non-hydrogen) atoms. The number of esters is 1. The SMILES string of the molecule is CC(C)(C)OC(=O)[C@@H](N)[C@@H](O)c1ccco1. The minimum Gasteiger partial charge on any atom is -0.467 e. The summed E-state index contributed by atoms with van der Waals surface area (Å²) in [7, 11) is 0. The van der Waals surface area contributed by atoms with Gasteiger partial charge in [0.1, 0.15) is 23.5 Å². The molecule has 0 aliphatic heterocycles. The molecule has 1 aromatic heterocycles. The van der Waals surface area contributed by atoms with E-state index in [1.165, 1.54) is 6.26 Å². The minimum absolute atomic E-state index is 0.248. The van der Waals surface area contributed by atoms with Crippen LogP contribution in [0.3, 0.4) is 0 Å².